The van der Waals surface area contributed by atoms with Gasteiger partial charge in [-0.1, -0.05) is 6.07 Å². The van der Waals surface area contributed by atoms with Crippen LogP contribution in [-0.2, 0) is 7.05 Å². The number of rotatable bonds is 6. The molecule has 0 radical (unpaired) electrons. The van der Waals surface area contributed by atoms with Crippen LogP contribution in [0.25, 0.3) is 10.9 Å². The van der Waals surface area contributed by atoms with E-state index in [1.165, 1.54) is 0 Å². The van der Waals surface area contributed by atoms with E-state index in [0.717, 1.165) is 22.2 Å². The number of aromatic nitrogens is 1. The van der Waals surface area contributed by atoms with Crippen molar-refractivity contribution in [2.45, 2.75) is 26.1 Å². The monoisotopic (exact) mass is 352 g/mol. The Balaban J connectivity index is 1.60. The summed E-state index contributed by atoms with van der Waals surface area (Å²) in [7, 11) is 1.98. The Bertz CT molecular complexity index is 897. The Hall–Kier alpha value is -2.79. The van der Waals surface area contributed by atoms with Crippen LogP contribution in [0.4, 0.5) is 0 Å². The van der Waals surface area contributed by atoms with Gasteiger partial charge in [0.25, 0.3) is 5.91 Å². The number of aliphatic hydroxyl groups excluding tert-OH is 1. The van der Waals surface area contributed by atoms with E-state index in [0.29, 0.717) is 5.56 Å². The molecule has 3 aromatic rings. The van der Waals surface area contributed by atoms with Crippen LogP contribution < -0.4 is 10.1 Å². The number of benzene rings is 2. The minimum Gasteiger partial charge on any atom is -0.491 e. The lowest BCUT2D eigenvalue weighted by Gasteiger charge is -2.13. The maximum Gasteiger partial charge on any atom is 0.251 e. The molecule has 1 aromatic heterocycles. The molecule has 1 heterocycles. The number of amides is 1. The minimum absolute atomic E-state index is 0.0896. The van der Waals surface area contributed by atoms with Gasteiger partial charge in [-0.05, 0) is 67.3 Å². The number of aryl methyl sites for hydroxylation is 1. The second-order valence-electron chi connectivity index (χ2n) is 6.66. The van der Waals surface area contributed by atoms with E-state index < -0.39 is 6.10 Å². The lowest BCUT2D eigenvalue weighted by Crippen LogP contribution is -2.28. The minimum atomic E-state index is -0.757. The van der Waals surface area contributed by atoms with E-state index in [-0.39, 0.29) is 18.6 Å². The Morgan fingerprint density at radius 1 is 1.15 bits per heavy atom. The fraction of sp³-hybridized carbons (Fsp3) is 0.286. The van der Waals surface area contributed by atoms with Crippen molar-refractivity contribution in [1.29, 1.82) is 0 Å². The largest absolute Gasteiger partial charge is 0.491 e. The predicted octanol–water partition coefficient (Wildman–Crippen LogP) is 3.43. The molecule has 0 aliphatic carbocycles. The number of nitrogens with zero attached hydrogens (tertiary/aromatic N) is 1. The Morgan fingerprint density at radius 3 is 2.58 bits per heavy atom. The summed E-state index contributed by atoms with van der Waals surface area (Å²) in [6.07, 6.45) is 1.31. The molecule has 5 nitrogen and oxygen atoms in total. The van der Waals surface area contributed by atoms with Crippen molar-refractivity contribution in [1.82, 2.24) is 9.88 Å². The lowest BCUT2D eigenvalue weighted by atomic mass is 10.1. The number of ether oxygens (including phenoxy) is 1. The summed E-state index contributed by atoms with van der Waals surface area (Å²) >= 11 is 0. The van der Waals surface area contributed by atoms with Gasteiger partial charge in [0, 0.05) is 30.9 Å². The zero-order valence-electron chi connectivity index (χ0n) is 15.3. The Labute approximate surface area is 153 Å². The summed E-state index contributed by atoms with van der Waals surface area (Å²) in [5.74, 6) is 0.508. The fourth-order valence-electron chi connectivity index (χ4n) is 2.87. The molecule has 0 aliphatic rings. The average molecular weight is 352 g/mol. The highest BCUT2D eigenvalue weighted by atomic mass is 16.5. The number of hydrogen-bond acceptors (Lipinski definition) is 3. The first-order valence-electron chi connectivity index (χ1n) is 8.72. The van der Waals surface area contributed by atoms with Gasteiger partial charge < -0.3 is 19.7 Å². The van der Waals surface area contributed by atoms with Crippen LogP contribution in [-0.4, -0.2) is 28.2 Å². The van der Waals surface area contributed by atoms with Gasteiger partial charge >= 0.3 is 0 Å². The van der Waals surface area contributed by atoms with Crippen LogP contribution in [0.3, 0.4) is 0 Å². The molecule has 1 unspecified atom stereocenters. The van der Waals surface area contributed by atoms with Crippen molar-refractivity contribution >= 4 is 16.8 Å². The van der Waals surface area contributed by atoms with E-state index in [1.807, 2.05) is 55.9 Å². The van der Waals surface area contributed by atoms with Crippen LogP contribution in [0.2, 0.25) is 0 Å². The van der Waals surface area contributed by atoms with Gasteiger partial charge in [0.15, 0.2) is 0 Å². The van der Waals surface area contributed by atoms with E-state index in [2.05, 4.69) is 5.32 Å². The molecular weight excluding hydrogens is 328 g/mol. The van der Waals surface area contributed by atoms with E-state index in [4.69, 9.17) is 4.74 Å². The van der Waals surface area contributed by atoms with Gasteiger partial charge in [0.1, 0.15) is 5.75 Å². The molecule has 1 atom stereocenters. The lowest BCUT2D eigenvalue weighted by molar-refractivity contribution is 0.0916. The second-order valence-corrected chi connectivity index (χ2v) is 6.66. The molecule has 0 saturated heterocycles. The molecule has 0 fully saturated rings. The van der Waals surface area contributed by atoms with E-state index in [1.54, 1.807) is 24.3 Å². The van der Waals surface area contributed by atoms with Crippen molar-refractivity contribution in [3.8, 4) is 5.75 Å². The van der Waals surface area contributed by atoms with Gasteiger partial charge in [-0.2, -0.15) is 0 Å². The van der Waals surface area contributed by atoms with Crippen molar-refractivity contribution in [3.05, 3.63) is 65.9 Å². The summed E-state index contributed by atoms with van der Waals surface area (Å²) in [5, 5.41) is 14.2. The third-order valence-corrected chi connectivity index (χ3v) is 4.24. The number of fused-ring (bicyclic) bond motifs is 1. The molecule has 0 saturated carbocycles. The molecule has 3 rings (SSSR count). The van der Waals surface area contributed by atoms with Gasteiger partial charge in [-0.3, -0.25) is 4.79 Å². The van der Waals surface area contributed by atoms with Gasteiger partial charge in [0.05, 0.1) is 12.2 Å². The van der Waals surface area contributed by atoms with Crippen LogP contribution >= 0.6 is 0 Å². The molecular formula is C21H24N2O3. The summed E-state index contributed by atoms with van der Waals surface area (Å²) in [5.41, 5.74) is 2.42. The summed E-state index contributed by atoms with van der Waals surface area (Å²) in [6.45, 7) is 4.06. The number of nitrogens with one attached hydrogen (secondary N) is 1. The zero-order chi connectivity index (χ0) is 18.7. The quantitative estimate of drug-likeness (QED) is 0.714. The summed E-state index contributed by atoms with van der Waals surface area (Å²) in [4.78, 5) is 12.3. The number of hydrogen-bond donors (Lipinski definition) is 2. The third kappa shape index (κ3) is 4.06. The van der Waals surface area contributed by atoms with Crippen LogP contribution in [0.5, 0.6) is 5.75 Å². The number of aliphatic hydroxyl groups is 1. The SMILES string of the molecule is CC(C)Oc1ccc(C(=O)NCC(O)c2ccc3c(ccn3C)c2)cc1. The van der Waals surface area contributed by atoms with Crippen molar-refractivity contribution < 1.29 is 14.6 Å². The molecule has 2 aromatic carbocycles. The number of carbonyl (C=O) groups excluding carboxylic acids is 1. The van der Waals surface area contributed by atoms with Crippen molar-refractivity contribution in [2.24, 2.45) is 7.05 Å². The molecule has 1 amide bonds. The van der Waals surface area contributed by atoms with Gasteiger partial charge in [-0.15, -0.1) is 0 Å². The van der Waals surface area contributed by atoms with E-state index >= 15 is 0 Å². The molecule has 26 heavy (non-hydrogen) atoms. The number of carbonyl (C=O) groups is 1. The first-order valence-corrected chi connectivity index (χ1v) is 8.72. The highest BCUT2D eigenvalue weighted by Gasteiger charge is 2.12. The first kappa shape index (κ1) is 18.0. The molecule has 0 bridgehead atoms. The second kappa shape index (κ2) is 7.62. The van der Waals surface area contributed by atoms with Gasteiger partial charge in [0.2, 0.25) is 0 Å². The Morgan fingerprint density at radius 2 is 1.88 bits per heavy atom. The topological polar surface area (TPSA) is 63.5 Å². The smallest absolute Gasteiger partial charge is 0.251 e. The van der Waals surface area contributed by atoms with Crippen LogP contribution in [0.15, 0.2) is 54.7 Å². The Kier molecular flexibility index (Phi) is 5.28. The summed E-state index contributed by atoms with van der Waals surface area (Å²) in [6, 6.07) is 14.8. The highest BCUT2D eigenvalue weighted by Crippen LogP contribution is 2.21. The van der Waals surface area contributed by atoms with Crippen LogP contribution in [0, 0.1) is 0 Å². The fourth-order valence-corrected chi connectivity index (χ4v) is 2.87. The van der Waals surface area contributed by atoms with Crippen molar-refractivity contribution in [2.75, 3.05) is 6.54 Å². The summed E-state index contributed by atoms with van der Waals surface area (Å²) < 4.78 is 7.60. The molecule has 0 aliphatic heterocycles. The molecule has 2 N–H and O–H groups in total. The third-order valence-electron chi connectivity index (χ3n) is 4.24. The predicted molar refractivity (Wildman–Crippen MR) is 102 cm³/mol. The van der Waals surface area contributed by atoms with Gasteiger partial charge in [-0.25, -0.2) is 0 Å². The molecule has 136 valence electrons. The van der Waals surface area contributed by atoms with Crippen LogP contribution in [0.1, 0.15) is 35.9 Å². The van der Waals surface area contributed by atoms with Crippen molar-refractivity contribution in [3.63, 3.8) is 0 Å². The normalized spacial score (nSPS) is 12.3. The van der Waals surface area contributed by atoms with E-state index in [9.17, 15) is 9.90 Å². The standard InChI is InChI=1S/C21H24N2O3/c1-14(2)26-18-7-4-15(5-8-18)21(25)22-13-20(24)17-6-9-19-16(12-17)10-11-23(19)3/h4-12,14,20,24H,13H2,1-3H3,(H,22,25). The average Bonchev–Trinajstić information content (AvgIpc) is 3.00. The maximum atomic E-state index is 12.3. The molecule has 5 heteroatoms. The molecule has 0 spiro atoms. The highest BCUT2D eigenvalue weighted by molar-refractivity contribution is 5.94. The first-order chi connectivity index (χ1) is 12.4. The maximum absolute atomic E-state index is 12.3. The zero-order valence-corrected chi connectivity index (χ0v) is 15.3.